The molecular weight excluding hydrogens is 505 g/mol. The molecule has 0 aliphatic heterocycles. The predicted octanol–water partition coefficient (Wildman–Crippen LogP) is 5.76. The van der Waals surface area contributed by atoms with Crippen molar-refractivity contribution in [1.82, 2.24) is 18.7 Å². The molecule has 0 aromatic carbocycles. The highest BCUT2D eigenvalue weighted by atomic mass is 32.3. The summed E-state index contributed by atoms with van der Waals surface area (Å²) in [4.78, 5) is 12.5. The Balaban J connectivity index is 5.06. The van der Waals surface area contributed by atoms with Crippen LogP contribution in [0, 0.1) is 0 Å². The van der Waals surface area contributed by atoms with Crippen molar-refractivity contribution in [1.29, 1.82) is 0 Å². The van der Waals surface area contributed by atoms with Crippen LogP contribution in [-0.4, -0.2) is 121 Å². The Kier molecular flexibility index (Phi) is 18.3. The van der Waals surface area contributed by atoms with E-state index < -0.39 is 20.1 Å². The first-order valence-corrected chi connectivity index (χ1v) is 19.1. The Morgan fingerprint density at radius 1 is 0.882 bits per heavy atom. The highest BCUT2D eigenvalue weighted by Crippen LogP contribution is 2.54. The fraction of sp³-hybridized carbons (Fsp3) is 0.833. The Bertz CT molecular complexity index is 581. The molecule has 34 heavy (non-hydrogen) atoms. The fourth-order valence-corrected chi connectivity index (χ4v) is 9.29. The van der Waals surface area contributed by atoms with Crippen LogP contribution in [0.15, 0.2) is 23.5 Å². The summed E-state index contributed by atoms with van der Waals surface area (Å²) in [5.74, 6) is 0. The lowest BCUT2D eigenvalue weighted by molar-refractivity contribution is -0.135. The van der Waals surface area contributed by atoms with Crippen molar-refractivity contribution in [2.45, 2.75) is 32.7 Å². The van der Waals surface area contributed by atoms with Gasteiger partial charge in [-0.05, 0) is 70.7 Å². The molecule has 0 bridgehead atoms. The second-order valence-electron chi connectivity index (χ2n) is 9.38. The van der Waals surface area contributed by atoms with E-state index in [-0.39, 0.29) is 0 Å². The molecule has 206 valence electrons. The third-order valence-corrected chi connectivity index (χ3v) is 15.0. The molecule has 0 aromatic rings. The summed E-state index contributed by atoms with van der Waals surface area (Å²) in [7, 11) is 6.65. The van der Waals surface area contributed by atoms with E-state index in [1.807, 2.05) is 62.0 Å². The normalized spacial score (nSPS) is 14.9. The van der Waals surface area contributed by atoms with E-state index in [9.17, 15) is 0 Å². The van der Waals surface area contributed by atoms with E-state index in [1.54, 1.807) is 0 Å². The molecule has 0 aliphatic carbocycles. The zero-order valence-corrected chi connectivity index (χ0v) is 26.9. The SMILES string of the molecule is C=CS(C)(C)CSN(C)C(CCN(C)OCC)C(=C)S(C)(C)CSN(C)CCCN(C)OCC. The van der Waals surface area contributed by atoms with Gasteiger partial charge >= 0.3 is 0 Å². The van der Waals surface area contributed by atoms with Gasteiger partial charge in [-0.1, -0.05) is 42.5 Å². The monoisotopic (exact) mass is 558 g/mol. The third kappa shape index (κ3) is 15.0. The summed E-state index contributed by atoms with van der Waals surface area (Å²) in [5.41, 5.74) is 0. The molecule has 0 aliphatic rings. The number of hydroxylamine groups is 4. The Morgan fingerprint density at radius 2 is 1.44 bits per heavy atom. The van der Waals surface area contributed by atoms with Gasteiger partial charge in [0.25, 0.3) is 0 Å². The van der Waals surface area contributed by atoms with Gasteiger partial charge in [0.15, 0.2) is 0 Å². The second-order valence-corrected chi connectivity index (χ2v) is 20.2. The second kappa shape index (κ2) is 18.0. The summed E-state index contributed by atoms with van der Waals surface area (Å²) < 4.78 is 4.81. The quantitative estimate of drug-likeness (QED) is 0.130. The summed E-state index contributed by atoms with van der Waals surface area (Å²) in [6, 6.07) is 0.309. The molecule has 1 atom stereocenters. The van der Waals surface area contributed by atoms with Crippen molar-refractivity contribution in [3.05, 3.63) is 23.5 Å². The number of nitrogens with zero attached hydrogens (tertiary/aromatic N) is 4. The van der Waals surface area contributed by atoms with E-state index >= 15 is 0 Å². The molecule has 0 aromatic heterocycles. The Labute approximate surface area is 224 Å². The molecule has 0 saturated heterocycles. The van der Waals surface area contributed by atoms with Crippen LogP contribution in [0.2, 0.25) is 0 Å². The van der Waals surface area contributed by atoms with Gasteiger partial charge in [0.1, 0.15) is 0 Å². The molecule has 1 unspecified atom stereocenters. The highest BCUT2D eigenvalue weighted by Gasteiger charge is 2.28. The molecule has 0 spiro atoms. The molecule has 0 N–H and O–H groups in total. The van der Waals surface area contributed by atoms with Crippen molar-refractivity contribution < 1.29 is 9.68 Å². The smallest absolute Gasteiger partial charge is 0.0656 e. The van der Waals surface area contributed by atoms with Gasteiger partial charge in [0, 0.05) is 43.9 Å². The van der Waals surface area contributed by atoms with Crippen molar-refractivity contribution in [2.75, 3.05) is 96.2 Å². The van der Waals surface area contributed by atoms with Crippen LogP contribution in [0.4, 0.5) is 0 Å². The lowest BCUT2D eigenvalue weighted by atomic mass is 10.2. The van der Waals surface area contributed by atoms with Gasteiger partial charge in [-0.2, -0.15) is 10.1 Å². The van der Waals surface area contributed by atoms with E-state index in [4.69, 9.17) is 9.68 Å². The van der Waals surface area contributed by atoms with Crippen LogP contribution in [0.1, 0.15) is 26.7 Å². The average Bonchev–Trinajstić information content (AvgIpc) is 2.76. The van der Waals surface area contributed by atoms with Crippen LogP contribution in [0.3, 0.4) is 0 Å². The molecule has 0 amide bonds. The summed E-state index contributed by atoms with van der Waals surface area (Å²) in [6.07, 6.45) is 11.6. The molecule has 6 nitrogen and oxygen atoms in total. The van der Waals surface area contributed by atoms with E-state index in [0.717, 1.165) is 49.3 Å². The van der Waals surface area contributed by atoms with E-state index in [0.29, 0.717) is 12.6 Å². The molecule has 0 saturated carbocycles. The van der Waals surface area contributed by atoms with Gasteiger partial charge in [-0.3, -0.25) is 14.0 Å². The van der Waals surface area contributed by atoms with E-state index in [1.165, 1.54) is 4.91 Å². The van der Waals surface area contributed by atoms with Crippen LogP contribution in [-0.2, 0) is 9.68 Å². The fourth-order valence-electron chi connectivity index (χ4n) is 3.02. The van der Waals surface area contributed by atoms with Gasteiger partial charge in [0.2, 0.25) is 0 Å². The summed E-state index contributed by atoms with van der Waals surface area (Å²) >= 11 is 3.87. The zero-order valence-electron chi connectivity index (χ0n) is 23.7. The van der Waals surface area contributed by atoms with Gasteiger partial charge in [-0.15, -0.1) is 0 Å². The van der Waals surface area contributed by atoms with Gasteiger partial charge in [0.05, 0.1) is 19.3 Å². The lowest BCUT2D eigenvalue weighted by Gasteiger charge is -2.42. The summed E-state index contributed by atoms with van der Waals surface area (Å²) in [5, 5.41) is 8.20. The highest BCUT2D eigenvalue weighted by molar-refractivity contribution is 8.41. The van der Waals surface area contributed by atoms with Crippen LogP contribution >= 0.6 is 44.0 Å². The van der Waals surface area contributed by atoms with Gasteiger partial charge < -0.3 is 0 Å². The van der Waals surface area contributed by atoms with Crippen LogP contribution < -0.4 is 0 Å². The van der Waals surface area contributed by atoms with Crippen LogP contribution in [0.25, 0.3) is 0 Å². The largest absolute Gasteiger partial charge is 0.300 e. The van der Waals surface area contributed by atoms with Crippen molar-refractivity contribution >= 4 is 44.0 Å². The molecule has 0 rings (SSSR count). The van der Waals surface area contributed by atoms with Crippen molar-refractivity contribution in [2.24, 2.45) is 0 Å². The van der Waals surface area contributed by atoms with Crippen molar-refractivity contribution in [3.8, 4) is 0 Å². The lowest BCUT2D eigenvalue weighted by Crippen LogP contribution is -2.34. The minimum Gasteiger partial charge on any atom is -0.300 e. The Hall–Kier alpha value is 0.640. The van der Waals surface area contributed by atoms with Crippen LogP contribution in [0.5, 0.6) is 0 Å². The van der Waals surface area contributed by atoms with Gasteiger partial charge in [-0.25, -0.2) is 24.4 Å². The summed E-state index contributed by atoms with van der Waals surface area (Å²) in [6.45, 7) is 17.1. The standard InChI is InChI=1S/C24H54N4O2S4/c1-13-29-25(5)18-16-19-27(7)31-22-34(11,12)23(4)24(17-20-26(6)30-14-2)28(8)32-21-33(9,10)15-3/h15,24H,3-4,13-14,16-22H2,1-2,5-12H3. The number of hydrogen-bond acceptors (Lipinski definition) is 8. The molecule has 0 heterocycles. The predicted molar refractivity (Wildman–Crippen MR) is 165 cm³/mol. The first-order valence-electron chi connectivity index (χ1n) is 11.9. The molecule has 0 radical (unpaired) electrons. The van der Waals surface area contributed by atoms with E-state index in [2.05, 4.69) is 66.3 Å². The average molecular weight is 559 g/mol. The topological polar surface area (TPSA) is 31.4 Å². The molecule has 10 heteroatoms. The molecular formula is C24H54N4O2S4. The first kappa shape index (κ1) is 34.6. The number of rotatable bonds is 21. The Morgan fingerprint density at radius 3 is 1.97 bits per heavy atom. The molecule has 0 fully saturated rings. The maximum atomic E-state index is 5.67. The maximum Gasteiger partial charge on any atom is 0.0656 e. The number of hydrogen-bond donors (Lipinski definition) is 0. The minimum absolute atomic E-state index is 0.309. The minimum atomic E-state index is -1.01. The third-order valence-electron chi connectivity index (χ3n) is 5.46. The zero-order chi connectivity index (χ0) is 26.4. The number of likely N-dealkylation sites (N-methyl/N-ethyl adjacent to an activating group) is 1. The maximum absolute atomic E-state index is 5.67. The first-order chi connectivity index (χ1) is 15.8. The van der Waals surface area contributed by atoms with Crippen molar-refractivity contribution in [3.63, 3.8) is 0 Å².